The van der Waals surface area contributed by atoms with Crippen LogP contribution in [0, 0.1) is 0 Å². The lowest BCUT2D eigenvalue weighted by Gasteiger charge is -2.22. The topological polar surface area (TPSA) is 35.6 Å². The zero-order valence-corrected chi connectivity index (χ0v) is 29.3. The molecule has 0 amide bonds. The maximum atomic E-state index is 5.65. The number of hydrogen-bond donors (Lipinski definition) is 0. The molecule has 5 heteroatoms. The van der Waals surface area contributed by atoms with E-state index in [1.807, 2.05) is 0 Å². The van der Waals surface area contributed by atoms with Gasteiger partial charge in [-0.25, -0.2) is 9.97 Å². The second kappa shape index (κ2) is 10.4. The molecule has 4 nitrogen and oxygen atoms in total. The fourth-order valence-electron chi connectivity index (χ4n) is 8.83. The molecule has 7 aromatic carbocycles. The molecule has 0 fully saturated rings. The lowest BCUT2D eigenvalue weighted by Crippen LogP contribution is -2.50. The molecular weight excluding hydrogens is 637 g/mol. The van der Waals surface area contributed by atoms with Crippen molar-refractivity contribution in [1.29, 1.82) is 0 Å². The number of fused-ring (bicyclic) bond motifs is 11. The first kappa shape index (κ1) is 28.5. The van der Waals surface area contributed by atoms with E-state index in [2.05, 4.69) is 180 Å². The van der Waals surface area contributed by atoms with Gasteiger partial charge in [-0.3, -0.25) is 4.57 Å². The molecule has 1 aliphatic heterocycles. The standard InChI is InChI=1S/C46H32N4Si/c1-51(2)41-27-25-29-14-6-7-17-32(29)42(41)44-45(51)43(47-46(48-44)50-38-22-12-8-18-33(38)34-19-9-13-23-39(34)50)30-24-26-40-36(28-30)35-20-10-11-21-37(35)49(40)31-15-4-3-5-16-31/h3-28H,1-2H3. The van der Waals surface area contributed by atoms with E-state index in [1.54, 1.807) is 0 Å². The van der Waals surface area contributed by atoms with Gasteiger partial charge >= 0.3 is 0 Å². The molecule has 4 heterocycles. The van der Waals surface area contributed by atoms with Gasteiger partial charge in [0.05, 0.1) is 33.5 Å². The van der Waals surface area contributed by atoms with Crippen molar-refractivity contribution in [2.24, 2.45) is 0 Å². The summed E-state index contributed by atoms with van der Waals surface area (Å²) in [5.74, 6) is 0.707. The SMILES string of the molecule is C[Si]1(C)c2ccc3ccccc3c2-c2nc(-n3c4ccccc4c4ccccc43)nc(-c3ccc4c(c3)c3ccccc3n4-c3ccccc3)c21. The molecule has 0 N–H and O–H groups in total. The third-order valence-corrected chi connectivity index (χ3v) is 14.6. The normalized spacial score (nSPS) is 13.5. The van der Waals surface area contributed by atoms with E-state index in [9.17, 15) is 0 Å². The Hall–Kier alpha value is -6.30. The number of aromatic nitrogens is 4. The van der Waals surface area contributed by atoms with Crippen LogP contribution in [0.2, 0.25) is 13.1 Å². The predicted octanol–water partition coefficient (Wildman–Crippen LogP) is 10.3. The van der Waals surface area contributed by atoms with Crippen molar-refractivity contribution in [2.45, 2.75) is 13.1 Å². The van der Waals surface area contributed by atoms with Gasteiger partial charge in [0.25, 0.3) is 0 Å². The quantitative estimate of drug-likeness (QED) is 0.176. The van der Waals surface area contributed by atoms with E-state index in [-0.39, 0.29) is 0 Å². The smallest absolute Gasteiger partial charge is 0.235 e. The van der Waals surface area contributed by atoms with E-state index < -0.39 is 8.07 Å². The van der Waals surface area contributed by atoms with E-state index in [1.165, 1.54) is 59.3 Å². The average Bonchev–Trinajstić information content (AvgIpc) is 3.78. The number of benzene rings is 7. The van der Waals surface area contributed by atoms with Crippen LogP contribution in [0.5, 0.6) is 0 Å². The number of rotatable bonds is 3. The Balaban J connectivity index is 1.27. The van der Waals surface area contributed by atoms with Crippen molar-refractivity contribution in [2.75, 3.05) is 0 Å². The molecule has 0 saturated carbocycles. The molecule has 0 unspecified atom stereocenters. The highest BCUT2D eigenvalue weighted by atomic mass is 28.3. The van der Waals surface area contributed by atoms with Crippen LogP contribution in [0.4, 0.5) is 0 Å². The molecular formula is C46H32N4Si. The van der Waals surface area contributed by atoms with E-state index >= 15 is 0 Å². The molecule has 0 bridgehead atoms. The first-order valence-corrected chi connectivity index (χ1v) is 20.6. The molecule has 11 rings (SSSR count). The lowest BCUT2D eigenvalue weighted by atomic mass is 10.0. The van der Waals surface area contributed by atoms with E-state index in [0.717, 1.165) is 33.7 Å². The highest BCUT2D eigenvalue weighted by Gasteiger charge is 2.43. The average molecular weight is 669 g/mol. The summed E-state index contributed by atoms with van der Waals surface area (Å²) < 4.78 is 4.65. The maximum Gasteiger partial charge on any atom is 0.235 e. The summed E-state index contributed by atoms with van der Waals surface area (Å²) in [6, 6.07) is 57.0. The van der Waals surface area contributed by atoms with Crippen LogP contribution in [-0.2, 0) is 0 Å². The summed E-state index contributed by atoms with van der Waals surface area (Å²) in [5.41, 5.74) is 10.3. The van der Waals surface area contributed by atoms with Gasteiger partial charge in [0.15, 0.2) is 0 Å². The van der Waals surface area contributed by atoms with Crippen molar-refractivity contribution in [3.05, 3.63) is 158 Å². The van der Waals surface area contributed by atoms with Crippen LogP contribution in [-0.4, -0.2) is 27.2 Å². The van der Waals surface area contributed by atoms with Gasteiger partial charge in [0.1, 0.15) is 8.07 Å². The van der Waals surface area contributed by atoms with Gasteiger partial charge < -0.3 is 4.57 Å². The zero-order chi connectivity index (χ0) is 33.8. The van der Waals surface area contributed by atoms with Crippen LogP contribution in [0.25, 0.3) is 88.5 Å². The molecule has 0 radical (unpaired) electrons. The Labute approximate surface area is 295 Å². The Morgan fingerprint density at radius 2 is 1.00 bits per heavy atom. The largest absolute Gasteiger partial charge is 0.309 e. The second-order valence-electron chi connectivity index (χ2n) is 14.2. The van der Waals surface area contributed by atoms with Crippen molar-refractivity contribution in [3.8, 4) is 34.2 Å². The number of hydrogen-bond acceptors (Lipinski definition) is 2. The van der Waals surface area contributed by atoms with Crippen molar-refractivity contribution in [1.82, 2.24) is 19.1 Å². The van der Waals surface area contributed by atoms with Gasteiger partial charge in [-0.1, -0.05) is 128 Å². The second-order valence-corrected chi connectivity index (χ2v) is 18.5. The number of para-hydroxylation sites is 4. The maximum absolute atomic E-state index is 5.65. The van der Waals surface area contributed by atoms with Crippen LogP contribution < -0.4 is 10.4 Å². The fourth-order valence-corrected chi connectivity index (χ4v) is 12.0. The molecule has 0 saturated heterocycles. The van der Waals surface area contributed by atoms with Gasteiger partial charge in [-0.15, -0.1) is 0 Å². The third kappa shape index (κ3) is 3.89. The minimum absolute atomic E-state index is 0.707. The zero-order valence-electron chi connectivity index (χ0n) is 28.3. The fraction of sp³-hybridized carbons (Fsp3) is 0.0435. The van der Waals surface area contributed by atoms with Gasteiger partial charge in [-0.2, -0.15) is 0 Å². The van der Waals surface area contributed by atoms with E-state index in [4.69, 9.17) is 9.97 Å². The van der Waals surface area contributed by atoms with E-state index in [0.29, 0.717) is 5.95 Å². The van der Waals surface area contributed by atoms with Gasteiger partial charge in [0, 0.05) is 38.4 Å². The van der Waals surface area contributed by atoms with Crippen LogP contribution in [0.15, 0.2) is 158 Å². The summed E-state index contributed by atoms with van der Waals surface area (Å²) in [6.45, 7) is 4.94. The Morgan fingerprint density at radius 3 is 1.71 bits per heavy atom. The summed E-state index contributed by atoms with van der Waals surface area (Å²) >= 11 is 0. The molecule has 240 valence electrons. The molecule has 1 aliphatic rings. The Bertz CT molecular complexity index is 3010. The van der Waals surface area contributed by atoms with Crippen LogP contribution in [0.1, 0.15) is 0 Å². The van der Waals surface area contributed by atoms with Gasteiger partial charge in [-0.05, 0) is 63.6 Å². The minimum atomic E-state index is -2.25. The molecule has 0 aliphatic carbocycles. The summed E-state index contributed by atoms with van der Waals surface area (Å²) in [6.07, 6.45) is 0. The summed E-state index contributed by atoms with van der Waals surface area (Å²) in [7, 11) is -2.25. The minimum Gasteiger partial charge on any atom is -0.309 e. The Kier molecular flexibility index (Phi) is 5.79. The molecule has 10 aromatic rings. The summed E-state index contributed by atoms with van der Waals surface area (Å²) in [4.78, 5) is 11.3. The highest BCUT2D eigenvalue weighted by Crippen LogP contribution is 2.40. The predicted molar refractivity (Wildman–Crippen MR) is 216 cm³/mol. The lowest BCUT2D eigenvalue weighted by molar-refractivity contribution is 1.00. The molecule has 0 spiro atoms. The van der Waals surface area contributed by atoms with Crippen LogP contribution >= 0.6 is 0 Å². The monoisotopic (exact) mass is 668 g/mol. The molecule has 51 heavy (non-hydrogen) atoms. The Morgan fingerprint density at radius 1 is 0.451 bits per heavy atom. The van der Waals surface area contributed by atoms with Crippen molar-refractivity contribution < 1.29 is 0 Å². The highest BCUT2D eigenvalue weighted by molar-refractivity contribution is 7.04. The van der Waals surface area contributed by atoms with Crippen molar-refractivity contribution in [3.63, 3.8) is 0 Å². The number of nitrogens with zero attached hydrogens (tertiary/aromatic N) is 4. The molecule has 3 aromatic heterocycles. The summed E-state index contributed by atoms with van der Waals surface area (Å²) in [5, 5.41) is 10.1. The third-order valence-electron chi connectivity index (χ3n) is 11.1. The van der Waals surface area contributed by atoms with Crippen molar-refractivity contribution >= 4 is 72.8 Å². The first-order chi connectivity index (χ1) is 25.1. The van der Waals surface area contributed by atoms with Gasteiger partial charge in [0.2, 0.25) is 5.95 Å². The first-order valence-electron chi connectivity index (χ1n) is 17.6. The van der Waals surface area contributed by atoms with Crippen LogP contribution in [0.3, 0.4) is 0 Å². The molecule has 0 atom stereocenters.